The van der Waals surface area contributed by atoms with E-state index in [4.69, 9.17) is 13.9 Å². The first-order chi connectivity index (χ1) is 15.9. The maximum atomic E-state index is 12.4. The number of carbonyl (C=O) groups is 1. The van der Waals surface area contributed by atoms with Crippen LogP contribution in [0.2, 0.25) is 0 Å². The van der Waals surface area contributed by atoms with Gasteiger partial charge in [0.2, 0.25) is 0 Å². The van der Waals surface area contributed by atoms with E-state index in [1.807, 2.05) is 30.3 Å². The van der Waals surface area contributed by atoms with Crippen LogP contribution in [0.4, 0.5) is 8.78 Å². The maximum absolute atomic E-state index is 12.4. The Morgan fingerprint density at radius 2 is 1.88 bits per heavy atom. The van der Waals surface area contributed by atoms with Gasteiger partial charge < -0.3 is 18.6 Å². The summed E-state index contributed by atoms with van der Waals surface area (Å²) in [5, 5.41) is 2.53. The van der Waals surface area contributed by atoms with E-state index < -0.39 is 18.2 Å². The number of carbonyl (C=O) groups excluding carboxylic acids is 1. The number of rotatable bonds is 7. The fraction of sp³-hybridized carbons (Fsp3) is 0.120. The molecule has 8 heteroatoms. The zero-order valence-corrected chi connectivity index (χ0v) is 17.4. The Labute approximate surface area is 186 Å². The summed E-state index contributed by atoms with van der Waals surface area (Å²) in [5.41, 5.74) is 0.899. The van der Waals surface area contributed by atoms with Crippen molar-refractivity contribution in [1.29, 1.82) is 0 Å². The average molecular weight is 452 g/mol. The van der Waals surface area contributed by atoms with Crippen LogP contribution in [0.1, 0.15) is 11.1 Å². The molecule has 1 heterocycles. The van der Waals surface area contributed by atoms with Crippen LogP contribution in [0.25, 0.3) is 27.8 Å². The number of halogens is 2. The normalized spacial score (nSPS) is 11.4. The van der Waals surface area contributed by atoms with Gasteiger partial charge in [-0.25, -0.2) is 9.59 Å². The van der Waals surface area contributed by atoms with E-state index in [1.165, 1.54) is 43.5 Å². The van der Waals surface area contributed by atoms with Gasteiger partial charge in [-0.05, 0) is 40.6 Å². The van der Waals surface area contributed by atoms with Crippen LogP contribution < -0.4 is 15.1 Å². The summed E-state index contributed by atoms with van der Waals surface area (Å²) < 4.78 is 44.9. The third kappa shape index (κ3) is 5.01. The van der Waals surface area contributed by atoms with Crippen LogP contribution in [-0.2, 0) is 16.1 Å². The summed E-state index contributed by atoms with van der Waals surface area (Å²) in [7, 11) is 1.32. The predicted molar refractivity (Wildman–Crippen MR) is 118 cm³/mol. The van der Waals surface area contributed by atoms with Gasteiger partial charge in [0.05, 0.1) is 7.11 Å². The zero-order valence-electron chi connectivity index (χ0n) is 17.4. The lowest BCUT2D eigenvalue weighted by molar-refractivity contribution is -0.138. The first-order valence-electron chi connectivity index (χ1n) is 9.87. The first kappa shape index (κ1) is 22.0. The summed E-state index contributed by atoms with van der Waals surface area (Å²) in [6, 6.07) is 16.7. The molecule has 3 aromatic carbocycles. The Morgan fingerprint density at radius 1 is 1.06 bits per heavy atom. The molecule has 0 aliphatic rings. The highest BCUT2D eigenvalue weighted by Crippen LogP contribution is 2.30. The molecule has 0 bridgehead atoms. The van der Waals surface area contributed by atoms with E-state index in [9.17, 15) is 18.4 Å². The maximum Gasteiger partial charge on any atom is 0.387 e. The standard InChI is InChI=1S/C25H18F2O6/c1-30-21-12-15(6-9-19(21)33-25(26)27)7-11-22(28)31-14-17-13-23(29)32-20-10-8-16-4-2-3-5-18(16)24(17)20/h2-13,25H,14H2,1H3/b11-7+. The molecular weight excluding hydrogens is 434 g/mol. The highest BCUT2D eigenvalue weighted by molar-refractivity contribution is 6.07. The van der Waals surface area contributed by atoms with Crippen molar-refractivity contribution in [3.8, 4) is 11.5 Å². The molecule has 0 spiro atoms. The molecule has 6 nitrogen and oxygen atoms in total. The average Bonchev–Trinajstić information content (AvgIpc) is 2.81. The second-order valence-electron chi connectivity index (χ2n) is 6.98. The van der Waals surface area contributed by atoms with Crippen LogP contribution in [0.15, 0.2) is 76.0 Å². The molecule has 0 fully saturated rings. The first-order valence-corrected chi connectivity index (χ1v) is 9.87. The number of esters is 1. The highest BCUT2D eigenvalue weighted by atomic mass is 19.3. The molecule has 0 N–H and O–H groups in total. The number of benzene rings is 3. The molecule has 1 aromatic heterocycles. The number of methoxy groups -OCH3 is 1. The van der Waals surface area contributed by atoms with Gasteiger partial charge in [0.1, 0.15) is 12.2 Å². The molecule has 4 aromatic rings. The largest absolute Gasteiger partial charge is 0.493 e. The Kier molecular flexibility index (Phi) is 6.35. The van der Waals surface area contributed by atoms with Crippen molar-refractivity contribution >= 4 is 33.8 Å². The van der Waals surface area contributed by atoms with Crippen molar-refractivity contribution in [2.45, 2.75) is 13.2 Å². The lowest BCUT2D eigenvalue weighted by Gasteiger charge is -2.10. The van der Waals surface area contributed by atoms with E-state index in [-0.39, 0.29) is 18.1 Å². The molecule has 0 saturated heterocycles. The smallest absolute Gasteiger partial charge is 0.387 e. The van der Waals surface area contributed by atoms with Crippen molar-refractivity contribution in [2.75, 3.05) is 7.11 Å². The third-order valence-corrected chi connectivity index (χ3v) is 4.90. The summed E-state index contributed by atoms with van der Waals surface area (Å²) in [5.74, 6) is -0.669. The molecule has 0 radical (unpaired) electrons. The predicted octanol–water partition coefficient (Wildman–Crippen LogP) is 5.31. The number of ether oxygens (including phenoxy) is 3. The quantitative estimate of drug-likeness (QED) is 0.164. The van der Waals surface area contributed by atoms with Gasteiger partial charge in [0, 0.05) is 23.1 Å². The topological polar surface area (TPSA) is 75.0 Å². The van der Waals surface area contributed by atoms with Gasteiger partial charge in [0.25, 0.3) is 0 Å². The lowest BCUT2D eigenvalue weighted by Crippen LogP contribution is -2.06. The van der Waals surface area contributed by atoms with Crippen LogP contribution in [-0.4, -0.2) is 19.7 Å². The Balaban J connectivity index is 1.53. The Bertz CT molecular complexity index is 1410. The molecule has 0 atom stereocenters. The van der Waals surface area contributed by atoms with E-state index in [0.29, 0.717) is 22.1 Å². The highest BCUT2D eigenvalue weighted by Gasteiger charge is 2.12. The van der Waals surface area contributed by atoms with Crippen LogP contribution in [0.3, 0.4) is 0 Å². The van der Waals surface area contributed by atoms with Crippen molar-refractivity contribution < 1.29 is 32.2 Å². The van der Waals surface area contributed by atoms with Gasteiger partial charge in [-0.1, -0.05) is 36.4 Å². The summed E-state index contributed by atoms with van der Waals surface area (Å²) in [4.78, 5) is 24.2. The Morgan fingerprint density at radius 3 is 2.67 bits per heavy atom. The molecule has 0 saturated carbocycles. The fourth-order valence-corrected chi connectivity index (χ4v) is 3.48. The number of alkyl halides is 2. The van der Waals surface area contributed by atoms with Gasteiger partial charge in [-0.15, -0.1) is 0 Å². The van der Waals surface area contributed by atoms with E-state index in [1.54, 1.807) is 6.07 Å². The zero-order chi connectivity index (χ0) is 23.4. The minimum atomic E-state index is -2.98. The SMILES string of the molecule is COc1cc(/C=C/C(=O)OCc2cc(=O)oc3ccc4ccccc4c23)ccc1OC(F)F. The number of fused-ring (bicyclic) bond motifs is 3. The van der Waals surface area contributed by atoms with Gasteiger partial charge in [0.15, 0.2) is 11.5 Å². The lowest BCUT2D eigenvalue weighted by atomic mass is 10.0. The minimum absolute atomic E-state index is 0.0974. The molecule has 0 amide bonds. The van der Waals surface area contributed by atoms with E-state index in [2.05, 4.69) is 4.74 Å². The molecule has 0 aliphatic carbocycles. The van der Waals surface area contributed by atoms with Crippen molar-refractivity contribution in [2.24, 2.45) is 0 Å². The van der Waals surface area contributed by atoms with Gasteiger partial charge in [-0.3, -0.25) is 0 Å². The molecule has 33 heavy (non-hydrogen) atoms. The Hall–Kier alpha value is -4.20. The van der Waals surface area contributed by atoms with Gasteiger partial charge >= 0.3 is 18.2 Å². The molecule has 4 rings (SSSR count). The van der Waals surface area contributed by atoms with E-state index >= 15 is 0 Å². The molecule has 0 unspecified atom stereocenters. The van der Waals surface area contributed by atoms with Crippen LogP contribution in [0.5, 0.6) is 11.5 Å². The van der Waals surface area contributed by atoms with Crippen molar-refractivity contribution in [3.63, 3.8) is 0 Å². The molecule has 0 aliphatic heterocycles. The summed E-state index contributed by atoms with van der Waals surface area (Å²) in [6.07, 6.45) is 2.64. The van der Waals surface area contributed by atoms with Crippen LogP contribution >= 0.6 is 0 Å². The fourth-order valence-electron chi connectivity index (χ4n) is 3.48. The van der Waals surface area contributed by atoms with E-state index in [0.717, 1.165) is 10.8 Å². The second-order valence-corrected chi connectivity index (χ2v) is 6.98. The summed E-state index contributed by atoms with van der Waals surface area (Å²) >= 11 is 0. The van der Waals surface area contributed by atoms with Crippen molar-refractivity contribution in [3.05, 3.63) is 88.3 Å². The third-order valence-electron chi connectivity index (χ3n) is 4.90. The second kappa shape index (κ2) is 9.52. The minimum Gasteiger partial charge on any atom is -0.493 e. The number of hydrogen-bond acceptors (Lipinski definition) is 6. The molecular formula is C25H18F2O6. The van der Waals surface area contributed by atoms with Crippen LogP contribution in [0, 0.1) is 0 Å². The van der Waals surface area contributed by atoms with Crippen molar-refractivity contribution in [1.82, 2.24) is 0 Å². The summed E-state index contributed by atoms with van der Waals surface area (Å²) in [6.45, 7) is -3.12. The molecule has 168 valence electrons. The monoisotopic (exact) mass is 452 g/mol. The van der Waals surface area contributed by atoms with Gasteiger partial charge in [-0.2, -0.15) is 8.78 Å². The number of hydrogen-bond donors (Lipinski definition) is 0.